The van der Waals surface area contributed by atoms with Crippen molar-refractivity contribution in [2.75, 3.05) is 0 Å². The van der Waals surface area contributed by atoms with Crippen LogP contribution >= 0.6 is 12.2 Å². The van der Waals surface area contributed by atoms with Gasteiger partial charge in [0.05, 0.1) is 0 Å². The van der Waals surface area contributed by atoms with Crippen molar-refractivity contribution in [3.05, 3.63) is 23.2 Å². The fourth-order valence-electron chi connectivity index (χ4n) is 0.350. The molecule has 0 aromatic carbocycles. The Bertz CT molecular complexity index is 236. The molecule has 0 saturated carbocycles. The summed E-state index contributed by atoms with van der Waals surface area (Å²) in [4.78, 5) is 3.61. The van der Waals surface area contributed by atoms with Crippen LogP contribution in [0.2, 0.25) is 0 Å². The molecule has 1 rings (SSSR count). The summed E-state index contributed by atoms with van der Waals surface area (Å²) in [7, 11) is 0. The molecule has 0 fully saturated rings. The van der Waals surface area contributed by atoms with E-state index in [-0.39, 0.29) is 34.3 Å². The molecule has 3 nitrogen and oxygen atoms in total. The molecule has 0 atom stereocenters. The summed E-state index contributed by atoms with van der Waals surface area (Å²) in [6.45, 7) is 0. The minimum Gasteiger partial charge on any atom is -0.426 e. The van der Waals surface area contributed by atoms with Crippen LogP contribution in [0.5, 0.6) is 0 Å². The molecule has 43 valence electrons. The van der Waals surface area contributed by atoms with E-state index in [1.165, 1.54) is 12.4 Å². The van der Waals surface area contributed by atoms with Gasteiger partial charge in [0.2, 0.25) is 4.77 Å². The summed E-state index contributed by atoms with van der Waals surface area (Å²) in [5.41, 5.74) is 0. The molecule has 0 amide bonds. The zero-order valence-electron chi connectivity index (χ0n) is 4.98. The molecule has 5 heteroatoms. The molecular weight excluding hydrogens is 147 g/mol. The Morgan fingerprint density at radius 1 is 1.67 bits per heavy atom. The molecule has 9 heavy (non-hydrogen) atoms. The SMILES string of the molecule is On1cccnc1=S.[Na]. The predicted molar refractivity (Wildman–Crippen MR) is 36.0 cm³/mol. The van der Waals surface area contributed by atoms with E-state index in [9.17, 15) is 0 Å². The van der Waals surface area contributed by atoms with Gasteiger partial charge in [0.25, 0.3) is 0 Å². The van der Waals surface area contributed by atoms with Crippen molar-refractivity contribution in [1.29, 1.82) is 0 Å². The van der Waals surface area contributed by atoms with E-state index in [0.29, 0.717) is 0 Å². The Kier molecular flexibility index (Phi) is 4.05. The normalized spacial score (nSPS) is 8.00. The molecule has 1 heterocycles. The molecular formula is C4H4N2NaOS. The van der Waals surface area contributed by atoms with Crippen LogP contribution in [-0.2, 0) is 0 Å². The first kappa shape index (κ1) is 9.10. The van der Waals surface area contributed by atoms with E-state index in [4.69, 9.17) is 5.21 Å². The van der Waals surface area contributed by atoms with Crippen LogP contribution in [0.3, 0.4) is 0 Å². The molecule has 0 saturated heterocycles. The molecule has 0 spiro atoms. The van der Waals surface area contributed by atoms with E-state index in [1.54, 1.807) is 6.07 Å². The minimum atomic E-state index is 0. The zero-order valence-corrected chi connectivity index (χ0v) is 7.80. The molecule has 0 aliphatic rings. The number of aromatic nitrogens is 2. The Balaban J connectivity index is 0.000000640. The van der Waals surface area contributed by atoms with Crippen molar-refractivity contribution in [1.82, 2.24) is 9.71 Å². The molecule has 0 aliphatic heterocycles. The molecule has 0 unspecified atom stereocenters. The van der Waals surface area contributed by atoms with Gasteiger partial charge in [-0.05, 0) is 18.3 Å². The molecule has 0 bridgehead atoms. The van der Waals surface area contributed by atoms with Crippen molar-refractivity contribution in [3.63, 3.8) is 0 Å². The maximum Gasteiger partial charge on any atom is 0.233 e. The largest absolute Gasteiger partial charge is 0.426 e. The third kappa shape index (κ3) is 2.45. The summed E-state index contributed by atoms with van der Waals surface area (Å²) in [6.07, 6.45) is 2.95. The van der Waals surface area contributed by atoms with Crippen LogP contribution in [0.25, 0.3) is 0 Å². The number of hydrogen-bond acceptors (Lipinski definition) is 3. The Morgan fingerprint density at radius 3 is 2.67 bits per heavy atom. The van der Waals surface area contributed by atoms with Gasteiger partial charge in [-0.3, -0.25) is 0 Å². The van der Waals surface area contributed by atoms with Crippen LogP contribution in [0.15, 0.2) is 18.5 Å². The van der Waals surface area contributed by atoms with E-state index < -0.39 is 0 Å². The molecule has 1 N–H and O–H groups in total. The first-order valence-electron chi connectivity index (χ1n) is 2.03. The summed E-state index contributed by atoms with van der Waals surface area (Å²) >= 11 is 4.56. The summed E-state index contributed by atoms with van der Waals surface area (Å²) in [5, 5.41) is 8.67. The smallest absolute Gasteiger partial charge is 0.233 e. The van der Waals surface area contributed by atoms with E-state index in [2.05, 4.69) is 17.2 Å². The fraction of sp³-hybridized carbons (Fsp3) is 0. The van der Waals surface area contributed by atoms with Crippen molar-refractivity contribution >= 4 is 41.8 Å². The van der Waals surface area contributed by atoms with Crippen LogP contribution < -0.4 is 0 Å². The first-order valence-corrected chi connectivity index (χ1v) is 2.44. The second-order valence-electron chi connectivity index (χ2n) is 1.25. The summed E-state index contributed by atoms with van der Waals surface area (Å²) < 4.78 is 0.961. The van der Waals surface area contributed by atoms with Crippen molar-refractivity contribution in [2.45, 2.75) is 0 Å². The Morgan fingerprint density at radius 2 is 2.33 bits per heavy atom. The standard InChI is InChI=1S/C4H4N2OS.Na/c7-6-3-1-2-5-4(6)8;/h1-3,7H;. The number of nitrogens with zero attached hydrogens (tertiary/aromatic N) is 2. The van der Waals surface area contributed by atoms with Gasteiger partial charge in [-0.2, -0.15) is 4.73 Å². The first-order chi connectivity index (χ1) is 3.80. The Hall–Kier alpha value is 0.1000. The van der Waals surface area contributed by atoms with Crippen molar-refractivity contribution < 1.29 is 5.21 Å². The van der Waals surface area contributed by atoms with Gasteiger partial charge in [0.1, 0.15) is 0 Å². The maximum absolute atomic E-state index is 8.67. The molecule has 0 aliphatic carbocycles. The van der Waals surface area contributed by atoms with Crippen LogP contribution in [0.1, 0.15) is 0 Å². The number of hydrogen-bond donors (Lipinski definition) is 1. The van der Waals surface area contributed by atoms with Gasteiger partial charge in [0, 0.05) is 42.0 Å². The Labute approximate surface area is 79.6 Å². The van der Waals surface area contributed by atoms with Gasteiger partial charge >= 0.3 is 0 Å². The van der Waals surface area contributed by atoms with Crippen molar-refractivity contribution in [3.8, 4) is 0 Å². The van der Waals surface area contributed by atoms with Gasteiger partial charge in [-0.25, -0.2) is 4.98 Å². The molecule has 1 aromatic heterocycles. The monoisotopic (exact) mass is 151 g/mol. The second-order valence-corrected chi connectivity index (χ2v) is 1.61. The van der Waals surface area contributed by atoms with Crippen LogP contribution in [0.4, 0.5) is 0 Å². The van der Waals surface area contributed by atoms with Gasteiger partial charge in [-0.1, -0.05) is 0 Å². The van der Waals surface area contributed by atoms with E-state index in [0.717, 1.165) is 4.73 Å². The maximum atomic E-state index is 8.67. The van der Waals surface area contributed by atoms with Gasteiger partial charge in [0.15, 0.2) is 0 Å². The average Bonchev–Trinajstić information content (AvgIpc) is 1.77. The molecule has 1 aromatic rings. The third-order valence-electron chi connectivity index (χ3n) is 0.694. The minimum absolute atomic E-state index is 0. The van der Waals surface area contributed by atoms with E-state index in [1.807, 2.05) is 0 Å². The predicted octanol–water partition coefficient (Wildman–Crippen LogP) is 0.469. The quantitative estimate of drug-likeness (QED) is 0.333. The third-order valence-corrected chi connectivity index (χ3v) is 0.987. The number of rotatable bonds is 0. The topological polar surface area (TPSA) is 38.0 Å². The fourth-order valence-corrected chi connectivity index (χ4v) is 0.471. The van der Waals surface area contributed by atoms with Gasteiger partial charge < -0.3 is 5.21 Å². The average molecular weight is 151 g/mol. The van der Waals surface area contributed by atoms with Crippen LogP contribution in [0, 0.1) is 4.77 Å². The van der Waals surface area contributed by atoms with Crippen molar-refractivity contribution in [2.24, 2.45) is 0 Å². The van der Waals surface area contributed by atoms with Gasteiger partial charge in [-0.15, -0.1) is 0 Å². The van der Waals surface area contributed by atoms with Crippen LogP contribution in [-0.4, -0.2) is 44.5 Å². The molecule has 1 radical (unpaired) electrons. The second kappa shape index (κ2) is 4.00. The summed E-state index contributed by atoms with van der Waals surface area (Å²) in [6, 6.07) is 1.59. The summed E-state index contributed by atoms with van der Waals surface area (Å²) in [5.74, 6) is 0. The zero-order chi connectivity index (χ0) is 5.98. The van der Waals surface area contributed by atoms with E-state index >= 15 is 0 Å².